The van der Waals surface area contributed by atoms with Crippen LogP contribution in [0.4, 0.5) is 13.2 Å². The molecule has 1 aromatic rings. The third-order valence-corrected chi connectivity index (χ3v) is 2.65. The smallest absolute Gasteiger partial charge is 0.289 e. The zero-order chi connectivity index (χ0) is 13.8. The molecule has 0 aliphatic rings. The first-order valence-corrected chi connectivity index (χ1v) is 5.70. The van der Waals surface area contributed by atoms with E-state index in [2.05, 4.69) is 11.2 Å². The number of hydrogen-bond donors (Lipinski definition) is 1. The van der Waals surface area contributed by atoms with Gasteiger partial charge in [-0.15, -0.1) is 6.42 Å². The predicted molar refractivity (Wildman–Crippen MR) is 65.8 cm³/mol. The Balaban J connectivity index is 2.98. The van der Waals surface area contributed by atoms with Gasteiger partial charge >= 0.3 is 6.18 Å². The van der Waals surface area contributed by atoms with Crippen LogP contribution in [0.15, 0.2) is 30.3 Å². The first-order chi connectivity index (χ1) is 8.36. The molecule has 0 saturated heterocycles. The van der Waals surface area contributed by atoms with Crippen molar-refractivity contribution in [2.45, 2.75) is 32.1 Å². The van der Waals surface area contributed by atoms with Crippen LogP contribution in [-0.4, -0.2) is 12.2 Å². The molecule has 0 radical (unpaired) electrons. The molecule has 0 fully saturated rings. The Bertz CT molecular complexity index is 403. The molecule has 4 heteroatoms. The van der Waals surface area contributed by atoms with Crippen LogP contribution in [0.5, 0.6) is 0 Å². The van der Waals surface area contributed by atoms with Gasteiger partial charge in [-0.3, -0.25) is 5.32 Å². The molecule has 1 rings (SSSR count). The molecule has 1 N–H and O–H groups in total. The molecular formula is C14H16F3N. The number of halogens is 3. The number of terminal acetylenes is 1. The van der Waals surface area contributed by atoms with E-state index in [4.69, 9.17) is 6.42 Å². The zero-order valence-corrected chi connectivity index (χ0v) is 10.3. The minimum atomic E-state index is -4.37. The third kappa shape index (κ3) is 3.78. The zero-order valence-electron chi connectivity index (χ0n) is 10.3. The van der Waals surface area contributed by atoms with Crippen molar-refractivity contribution in [1.82, 2.24) is 5.32 Å². The van der Waals surface area contributed by atoms with Crippen LogP contribution in [0, 0.1) is 18.3 Å². The molecule has 0 bridgehead atoms. The van der Waals surface area contributed by atoms with Crippen LogP contribution >= 0.6 is 0 Å². The highest BCUT2D eigenvalue weighted by atomic mass is 19.4. The van der Waals surface area contributed by atoms with Gasteiger partial charge in [-0.1, -0.05) is 50.1 Å². The van der Waals surface area contributed by atoms with E-state index < -0.39 is 18.3 Å². The highest BCUT2D eigenvalue weighted by Gasteiger charge is 2.41. The largest absolute Gasteiger partial charge is 0.407 e. The fraction of sp³-hybridized carbons (Fsp3) is 0.429. The van der Waals surface area contributed by atoms with E-state index in [-0.39, 0.29) is 11.5 Å². The summed E-state index contributed by atoms with van der Waals surface area (Å²) >= 11 is 0. The van der Waals surface area contributed by atoms with E-state index in [0.29, 0.717) is 0 Å². The third-order valence-electron chi connectivity index (χ3n) is 2.65. The summed E-state index contributed by atoms with van der Waals surface area (Å²) in [6, 6.07) is 5.38. The van der Waals surface area contributed by atoms with Gasteiger partial charge in [0.25, 0.3) is 0 Å². The predicted octanol–water partition coefficient (Wildman–Crippen LogP) is 3.54. The molecule has 1 nitrogen and oxygen atoms in total. The van der Waals surface area contributed by atoms with Crippen LogP contribution in [-0.2, 0) is 0 Å². The van der Waals surface area contributed by atoms with Gasteiger partial charge in [-0.25, -0.2) is 0 Å². The summed E-state index contributed by atoms with van der Waals surface area (Å²) in [6.07, 6.45) is 0.894. The average Bonchev–Trinajstić information content (AvgIpc) is 2.29. The van der Waals surface area contributed by atoms with Crippen molar-refractivity contribution in [3.8, 4) is 12.3 Å². The van der Waals surface area contributed by atoms with Crippen molar-refractivity contribution >= 4 is 0 Å². The molecule has 0 aliphatic carbocycles. The average molecular weight is 255 g/mol. The Morgan fingerprint density at radius 1 is 1.17 bits per heavy atom. The van der Waals surface area contributed by atoms with Gasteiger partial charge in [0.05, 0.1) is 6.04 Å². The van der Waals surface area contributed by atoms with Crippen molar-refractivity contribution in [2.24, 2.45) is 5.92 Å². The lowest BCUT2D eigenvalue weighted by molar-refractivity contribution is -0.159. The standard InChI is InChI=1S/C14H16F3N/c1-4-12(10(2)3)18-13(14(15,16)17)11-8-6-5-7-9-11/h1,5-10,12-13,18H,2-3H3. The minimum Gasteiger partial charge on any atom is -0.289 e. The Morgan fingerprint density at radius 2 is 1.72 bits per heavy atom. The van der Waals surface area contributed by atoms with Gasteiger partial charge in [-0.2, -0.15) is 13.2 Å². The molecule has 0 heterocycles. The first kappa shape index (κ1) is 14.6. The second kappa shape index (κ2) is 5.92. The number of alkyl halides is 3. The van der Waals surface area contributed by atoms with Crippen LogP contribution in [0.25, 0.3) is 0 Å². The lowest BCUT2D eigenvalue weighted by Crippen LogP contribution is -2.42. The molecule has 1 aromatic carbocycles. The maximum Gasteiger partial charge on any atom is 0.407 e. The van der Waals surface area contributed by atoms with E-state index in [0.717, 1.165) is 0 Å². The summed E-state index contributed by atoms with van der Waals surface area (Å²) in [6.45, 7) is 3.58. The molecule has 98 valence electrons. The van der Waals surface area contributed by atoms with E-state index in [1.54, 1.807) is 32.0 Å². The molecule has 2 unspecified atom stereocenters. The second-order valence-corrected chi connectivity index (χ2v) is 4.44. The second-order valence-electron chi connectivity index (χ2n) is 4.44. The van der Waals surface area contributed by atoms with Gasteiger partial charge in [0.1, 0.15) is 6.04 Å². The van der Waals surface area contributed by atoms with E-state index in [1.165, 1.54) is 12.1 Å². The fourth-order valence-electron chi connectivity index (χ4n) is 1.64. The van der Waals surface area contributed by atoms with Gasteiger partial charge in [0, 0.05) is 0 Å². The number of benzene rings is 1. The normalized spacial score (nSPS) is 15.2. The number of hydrogen-bond acceptors (Lipinski definition) is 1. The summed E-state index contributed by atoms with van der Waals surface area (Å²) < 4.78 is 39.1. The van der Waals surface area contributed by atoms with Gasteiger partial charge in [0.15, 0.2) is 0 Å². The van der Waals surface area contributed by atoms with Crippen molar-refractivity contribution < 1.29 is 13.2 Å². The van der Waals surface area contributed by atoms with Crippen LogP contribution in [0.1, 0.15) is 25.5 Å². The Hall–Kier alpha value is -1.47. The topological polar surface area (TPSA) is 12.0 Å². The molecule has 0 spiro atoms. The van der Waals surface area contributed by atoms with Crippen LogP contribution in [0.3, 0.4) is 0 Å². The lowest BCUT2D eigenvalue weighted by Gasteiger charge is -2.27. The highest BCUT2D eigenvalue weighted by molar-refractivity contribution is 5.21. The maximum absolute atomic E-state index is 13.0. The maximum atomic E-state index is 13.0. The molecule has 0 aromatic heterocycles. The summed E-state index contributed by atoms with van der Waals surface area (Å²) in [5, 5.41) is 2.50. The van der Waals surface area contributed by atoms with E-state index in [1.807, 2.05) is 0 Å². The quantitative estimate of drug-likeness (QED) is 0.811. The van der Waals surface area contributed by atoms with Crippen molar-refractivity contribution in [2.75, 3.05) is 0 Å². The molecule has 18 heavy (non-hydrogen) atoms. The number of rotatable bonds is 4. The van der Waals surface area contributed by atoms with E-state index in [9.17, 15) is 13.2 Å². The van der Waals surface area contributed by atoms with Crippen molar-refractivity contribution in [3.05, 3.63) is 35.9 Å². The van der Waals surface area contributed by atoms with Crippen LogP contribution in [0.2, 0.25) is 0 Å². The Morgan fingerprint density at radius 3 is 2.11 bits per heavy atom. The number of nitrogens with one attached hydrogen (secondary N) is 1. The Labute approximate surface area is 105 Å². The molecule has 2 atom stereocenters. The summed E-state index contributed by atoms with van der Waals surface area (Å²) in [5.74, 6) is 2.30. The fourth-order valence-corrected chi connectivity index (χ4v) is 1.64. The van der Waals surface area contributed by atoms with Gasteiger partial charge in [-0.05, 0) is 11.5 Å². The van der Waals surface area contributed by atoms with E-state index >= 15 is 0 Å². The Kier molecular flexibility index (Phi) is 4.80. The first-order valence-electron chi connectivity index (χ1n) is 5.70. The van der Waals surface area contributed by atoms with Crippen LogP contribution < -0.4 is 5.32 Å². The van der Waals surface area contributed by atoms with Gasteiger partial charge in [0.2, 0.25) is 0 Å². The summed E-state index contributed by atoms with van der Waals surface area (Å²) in [4.78, 5) is 0. The monoisotopic (exact) mass is 255 g/mol. The summed E-state index contributed by atoms with van der Waals surface area (Å²) in [5.41, 5.74) is 0.172. The summed E-state index contributed by atoms with van der Waals surface area (Å²) in [7, 11) is 0. The molecular weight excluding hydrogens is 239 g/mol. The lowest BCUT2D eigenvalue weighted by atomic mass is 10.0. The van der Waals surface area contributed by atoms with Crippen molar-refractivity contribution in [3.63, 3.8) is 0 Å². The molecule has 0 aliphatic heterocycles. The highest BCUT2D eigenvalue weighted by Crippen LogP contribution is 2.33. The van der Waals surface area contributed by atoms with Gasteiger partial charge < -0.3 is 0 Å². The van der Waals surface area contributed by atoms with Crippen molar-refractivity contribution in [1.29, 1.82) is 0 Å². The molecule has 0 amide bonds. The molecule has 0 saturated carbocycles. The SMILES string of the molecule is C#CC(NC(c1ccccc1)C(F)(F)F)C(C)C. The minimum absolute atomic E-state index is 0.0661.